The van der Waals surface area contributed by atoms with Crippen LogP contribution in [0.3, 0.4) is 0 Å². The van der Waals surface area contributed by atoms with Gasteiger partial charge in [-0.3, -0.25) is 14.3 Å². The first-order valence-electron chi connectivity index (χ1n) is 13.0. The van der Waals surface area contributed by atoms with Gasteiger partial charge in [0.05, 0.1) is 20.1 Å². The number of H-pyrrole nitrogens is 1. The summed E-state index contributed by atoms with van der Waals surface area (Å²) in [5, 5.41) is 9.29. The highest BCUT2D eigenvalue weighted by Gasteiger charge is 2.34. The number of nitrogens with zero attached hydrogens (tertiary/aromatic N) is 5. The summed E-state index contributed by atoms with van der Waals surface area (Å²) < 4.78 is 11.9. The smallest absolute Gasteiger partial charge is 0.407 e. The highest BCUT2D eigenvalue weighted by atomic mass is 16.5. The molecule has 1 saturated heterocycles. The van der Waals surface area contributed by atoms with Crippen molar-refractivity contribution in [3.63, 3.8) is 0 Å². The highest BCUT2D eigenvalue weighted by molar-refractivity contribution is 5.81. The molecule has 0 radical (unpaired) electrons. The second kappa shape index (κ2) is 12.6. The number of hydrogen-bond acceptors (Lipinski definition) is 9. The molecule has 1 aliphatic heterocycles. The normalized spacial score (nSPS) is 13.6. The predicted octanol–water partition coefficient (Wildman–Crippen LogP) is 1.85. The van der Waals surface area contributed by atoms with Crippen LogP contribution in [0.25, 0.3) is 11.2 Å². The second-order valence-electron chi connectivity index (χ2n) is 9.61. The van der Waals surface area contributed by atoms with Crippen molar-refractivity contribution in [3.05, 3.63) is 45.9 Å². The Morgan fingerprint density at radius 1 is 1.18 bits per heavy atom. The van der Waals surface area contributed by atoms with E-state index in [1.807, 2.05) is 24.3 Å². The number of methoxy groups -OCH3 is 1. The molecule has 1 aromatic carbocycles. The number of amides is 1. The number of aromatic amines is 1. The Hall–Kier alpha value is -4.13. The number of aromatic nitrogens is 4. The topological polar surface area (TPSA) is 169 Å². The summed E-state index contributed by atoms with van der Waals surface area (Å²) >= 11 is 0. The van der Waals surface area contributed by atoms with Crippen molar-refractivity contribution < 1.29 is 24.2 Å². The SMILES string of the molecule is CCCCOc1nc(N)c2[nH]c(=O)n(CCCN(Cc3ccc(CC(=O)OC)cc3)C3CN(C(=O)O)C3)c2n1. The van der Waals surface area contributed by atoms with Gasteiger partial charge in [0, 0.05) is 38.8 Å². The number of carboxylic acid groups (broad SMARTS) is 1. The van der Waals surface area contributed by atoms with Crippen LogP contribution < -0.4 is 16.2 Å². The molecule has 3 heterocycles. The fourth-order valence-electron chi connectivity index (χ4n) is 4.51. The maximum absolute atomic E-state index is 12.7. The lowest BCUT2D eigenvalue weighted by Gasteiger charge is -2.44. The molecular weight excluding hydrogens is 506 g/mol. The third-order valence-corrected chi connectivity index (χ3v) is 6.82. The van der Waals surface area contributed by atoms with E-state index in [4.69, 9.17) is 15.2 Å². The number of nitrogens with two attached hydrogens (primary N) is 1. The number of rotatable bonds is 13. The number of anilines is 1. The number of aryl methyl sites for hydroxylation is 1. The minimum atomic E-state index is -0.932. The van der Waals surface area contributed by atoms with Crippen molar-refractivity contribution in [2.45, 2.75) is 51.7 Å². The zero-order valence-electron chi connectivity index (χ0n) is 22.3. The van der Waals surface area contributed by atoms with E-state index in [0.717, 1.165) is 24.0 Å². The van der Waals surface area contributed by atoms with Gasteiger partial charge in [-0.15, -0.1) is 0 Å². The maximum atomic E-state index is 12.7. The number of esters is 1. The van der Waals surface area contributed by atoms with Crippen LogP contribution in [0.4, 0.5) is 10.6 Å². The molecule has 0 spiro atoms. The number of ether oxygens (including phenoxy) is 2. The summed E-state index contributed by atoms with van der Waals surface area (Å²) in [7, 11) is 1.36. The number of unbranched alkanes of at least 4 members (excludes halogenated alkanes) is 1. The third kappa shape index (κ3) is 6.85. The Balaban J connectivity index is 1.45. The van der Waals surface area contributed by atoms with Crippen LogP contribution in [-0.4, -0.2) is 85.9 Å². The highest BCUT2D eigenvalue weighted by Crippen LogP contribution is 2.21. The fourth-order valence-corrected chi connectivity index (χ4v) is 4.51. The fraction of sp³-hybridized carbons (Fsp3) is 0.500. The Kier molecular flexibility index (Phi) is 9.02. The van der Waals surface area contributed by atoms with E-state index in [1.54, 1.807) is 0 Å². The number of fused-ring (bicyclic) bond motifs is 1. The minimum absolute atomic E-state index is 0.0621. The van der Waals surface area contributed by atoms with E-state index < -0.39 is 6.09 Å². The molecule has 1 fully saturated rings. The Labute approximate surface area is 225 Å². The molecule has 1 aliphatic rings. The van der Waals surface area contributed by atoms with Crippen LogP contribution in [0.5, 0.6) is 6.01 Å². The molecule has 4 rings (SSSR count). The molecule has 4 N–H and O–H groups in total. The van der Waals surface area contributed by atoms with Gasteiger partial charge < -0.3 is 30.2 Å². The number of carbonyl (C=O) groups is 2. The molecule has 1 amide bonds. The standard InChI is InChI=1S/C26H35N7O6/c1-3-4-12-39-24-29-22(27)21-23(30-24)33(25(35)28-21)11-5-10-31(19-15-32(16-19)26(36)37)14-18-8-6-17(7-9-18)13-20(34)38-2/h6-9,19H,3-5,10-16H2,1-2H3,(H,28,35)(H,36,37)(H2,27,29,30). The molecule has 13 heteroatoms. The molecule has 0 unspecified atom stereocenters. The maximum Gasteiger partial charge on any atom is 0.407 e. The van der Waals surface area contributed by atoms with E-state index in [1.165, 1.54) is 16.6 Å². The summed E-state index contributed by atoms with van der Waals surface area (Å²) in [5.41, 5.74) is 8.39. The lowest BCUT2D eigenvalue weighted by Crippen LogP contribution is -2.60. The minimum Gasteiger partial charge on any atom is -0.469 e. The van der Waals surface area contributed by atoms with Gasteiger partial charge in [0.15, 0.2) is 11.5 Å². The van der Waals surface area contributed by atoms with Gasteiger partial charge in [0.25, 0.3) is 0 Å². The van der Waals surface area contributed by atoms with E-state index in [0.29, 0.717) is 56.9 Å². The Morgan fingerprint density at radius 2 is 1.90 bits per heavy atom. The van der Waals surface area contributed by atoms with Crippen LogP contribution in [0.2, 0.25) is 0 Å². The largest absolute Gasteiger partial charge is 0.469 e. The van der Waals surface area contributed by atoms with E-state index in [9.17, 15) is 19.5 Å². The van der Waals surface area contributed by atoms with Gasteiger partial charge in [-0.2, -0.15) is 9.97 Å². The van der Waals surface area contributed by atoms with Gasteiger partial charge >= 0.3 is 23.8 Å². The molecule has 13 nitrogen and oxygen atoms in total. The van der Waals surface area contributed by atoms with Gasteiger partial charge in [-0.05, 0) is 24.0 Å². The molecule has 39 heavy (non-hydrogen) atoms. The summed E-state index contributed by atoms with van der Waals surface area (Å²) in [6.07, 6.45) is 1.71. The Bertz CT molecular complexity index is 1350. The number of likely N-dealkylation sites (tertiary alicyclic amines) is 1. The molecule has 0 atom stereocenters. The van der Waals surface area contributed by atoms with Gasteiger partial charge in [-0.25, -0.2) is 9.59 Å². The third-order valence-electron chi connectivity index (χ3n) is 6.82. The number of imidazole rings is 1. The van der Waals surface area contributed by atoms with E-state index in [-0.39, 0.29) is 36.0 Å². The number of carbonyl (C=O) groups excluding carboxylic acids is 1. The van der Waals surface area contributed by atoms with Crippen molar-refractivity contribution in [3.8, 4) is 6.01 Å². The van der Waals surface area contributed by atoms with Crippen LogP contribution in [0, 0.1) is 0 Å². The monoisotopic (exact) mass is 541 g/mol. The number of nitrogens with one attached hydrogen (secondary N) is 1. The molecule has 0 saturated carbocycles. The average molecular weight is 542 g/mol. The summed E-state index contributed by atoms with van der Waals surface area (Å²) in [6.45, 7) is 4.97. The summed E-state index contributed by atoms with van der Waals surface area (Å²) in [6, 6.07) is 7.91. The zero-order chi connectivity index (χ0) is 27.9. The second-order valence-corrected chi connectivity index (χ2v) is 9.61. The molecule has 210 valence electrons. The predicted molar refractivity (Wildman–Crippen MR) is 144 cm³/mol. The molecule has 2 aromatic heterocycles. The van der Waals surface area contributed by atoms with Gasteiger partial charge in [0.1, 0.15) is 5.52 Å². The number of nitrogen functional groups attached to an aromatic ring is 1. The van der Waals surface area contributed by atoms with Crippen molar-refractivity contribution in [1.82, 2.24) is 29.3 Å². The summed E-state index contributed by atoms with van der Waals surface area (Å²) in [4.78, 5) is 50.5. The van der Waals surface area contributed by atoms with Crippen LogP contribution in [-0.2, 0) is 29.0 Å². The number of benzene rings is 1. The summed E-state index contributed by atoms with van der Waals surface area (Å²) in [5.74, 6) is -0.144. The first-order valence-corrected chi connectivity index (χ1v) is 13.0. The Morgan fingerprint density at radius 3 is 2.56 bits per heavy atom. The van der Waals surface area contributed by atoms with Crippen LogP contribution in [0.15, 0.2) is 29.1 Å². The average Bonchev–Trinajstić information content (AvgIpc) is 3.19. The number of hydrogen-bond donors (Lipinski definition) is 3. The molecule has 0 bridgehead atoms. The van der Waals surface area contributed by atoms with E-state index >= 15 is 0 Å². The first-order chi connectivity index (χ1) is 18.8. The lowest BCUT2D eigenvalue weighted by atomic mass is 10.0. The van der Waals surface area contributed by atoms with Crippen LogP contribution >= 0.6 is 0 Å². The molecular formula is C26H35N7O6. The zero-order valence-corrected chi connectivity index (χ0v) is 22.3. The molecule has 0 aliphatic carbocycles. The molecule has 3 aromatic rings. The van der Waals surface area contributed by atoms with Crippen LogP contribution in [0.1, 0.15) is 37.3 Å². The van der Waals surface area contributed by atoms with Gasteiger partial charge in [-0.1, -0.05) is 37.6 Å². The van der Waals surface area contributed by atoms with Crippen molar-refractivity contribution >= 4 is 29.0 Å². The van der Waals surface area contributed by atoms with Crippen molar-refractivity contribution in [2.24, 2.45) is 0 Å². The van der Waals surface area contributed by atoms with Crippen molar-refractivity contribution in [1.29, 1.82) is 0 Å². The lowest BCUT2D eigenvalue weighted by molar-refractivity contribution is -0.139. The quantitative estimate of drug-likeness (QED) is 0.214. The van der Waals surface area contributed by atoms with E-state index in [2.05, 4.69) is 26.8 Å². The first kappa shape index (κ1) is 27.9. The van der Waals surface area contributed by atoms with Crippen molar-refractivity contribution in [2.75, 3.05) is 39.1 Å². The van der Waals surface area contributed by atoms with Gasteiger partial charge in [0.2, 0.25) is 0 Å².